The molecule has 0 unspecified atom stereocenters. The molecule has 0 aliphatic rings. The first kappa shape index (κ1) is 14.1. The van der Waals surface area contributed by atoms with E-state index in [-0.39, 0.29) is 0 Å². The summed E-state index contributed by atoms with van der Waals surface area (Å²) in [6.45, 7) is 0.649. The molecule has 0 atom stereocenters. The van der Waals surface area contributed by atoms with Crippen LogP contribution in [-0.4, -0.2) is 9.55 Å². The van der Waals surface area contributed by atoms with Gasteiger partial charge in [0.05, 0.1) is 28.5 Å². The second-order valence-electron chi connectivity index (χ2n) is 4.69. The van der Waals surface area contributed by atoms with Crippen LogP contribution in [-0.2, 0) is 12.4 Å². The average molecular weight is 361 g/mol. The fraction of sp³-hybridized carbons (Fsp3) is 0.125. The molecular formula is C16H11BrClN3. The minimum Gasteiger partial charge on any atom is -0.322 e. The molecule has 5 heteroatoms. The summed E-state index contributed by atoms with van der Waals surface area (Å²) in [5, 5.41) is 9.00. The Morgan fingerprint density at radius 2 is 2.10 bits per heavy atom. The van der Waals surface area contributed by atoms with Crippen molar-refractivity contribution in [2.45, 2.75) is 12.4 Å². The van der Waals surface area contributed by atoms with Crippen LogP contribution in [0.1, 0.15) is 17.0 Å². The number of fused-ring (bicyclic) bond motifs is 1. The first-order chi connectivity index (χ1) is 10.2. The topological polar surface area (TPSA) is 41.6 Å². The number of rotatable bonds is 3. The molecule has 3 aromatic rings. The van der Waals surface area contributed by atoms with Crippen molar-refractivity contribution in [2.24, 2.45) is 0 Å². The predicted molar refractivity (Wildman–Crippen MR) is 87.2 cm³/mol. The molecule has 0 fully saturated rings. The molecule has 1 aromatic heterocycles. The SMILES string of the molecule is N#Cc1cccc(Cn2c(CCl)nc3cc(Br)ccc32)c1. The van der Waals surface area contributed by atoms with Gasteiger partial charge in [0.2, 0.25) is 0 Å². The van der Waals surface area contributed by atoms with Crippen molar-refractivity contribution in [1.29, 1.82) is 5.26 Å². The number of nitrogens with zero attached hydrogens (tertiary/aromatic N) is 3. The summed E-state index contributed by atoms with van der Waals surface area (Å²) < 4.78 is 3.08. The lowest BCUT2D eigenvalue weighted by atomic mass is 10.1. The third kappa shape index (κ3) is 2.80. The molecule has 0 aliphatic carbocycles. The van der Waals surface area contributed by atoms with Crippen LogP contribution in [0.4, 0.5) is 0 Å². The number of benzene rings is 2. The Kier molecular flexibility index (Phi) is 3.96. The first-order valence-electron chi connectivity index (χ1n) is 6.41. The highest BCUT2D eigenvalue weighted by atomic mass is 79.9. The zero-order chi connectivity index (χ0) is 14.8. The smallest absolute Gasteiger partial charge is 0.125 e. The number of hydrogen-bond donors (Lipinski definition) is 0. The Bertz CT molecular complexity index is 848. The average Bonchev–Trinajstić information content (AvgIpc) is 2.84. The molecule has 0 saturated carbocycles. The summed E-state index contributed by atoms with van der Waals surface area (Å²) >= 11 is 9.48. The van der Waals surface area contributed by atoms with Crippen molar-refractivity contribution in [1.82, 2.24) is 9.55 Å². The van der Waals surface area contributed by atoms with E-state index in [4.69, 9.17) is 16.9 Å². The number of alkyl halides is 1. The van der Waals surface area contributed by atoms with Gasteiger partial charge < -0.3 is 4.57 Å². The molecule has 0 bridgehead atoms. The van der Waals surface area contributed by atoms with E-state index in [1.165, 1.54) is 0 Å². The summed E-state index contributed by atoms with van der Waals surface area (Å²) in [6.07, 6.45) is 0. The van der Waals surface area contributed by atoms with Gasteiger partial charge in [-0.2, -0.15) is 5.26 Å². The van der Waals surface area contributed by atoms with E-state index in [0.29, 0.717) is 18.0 Å². The Balaban J connectivity index is 2.08. The standard InChI is InChI=1S/C16H11BrClN3/c17-13-4-5-15-14(7-13)20-16(8-18)21(15)10-12-3-1-2-11(6-12)9-19/h1-7H,8,10H2. The highest BCUT2D eigenvalue weighted by Gasteiger charge is 2.11. The molecule has 3 rings (SSSR count). The van der Waals surface area contributed by atoms with E-state index < -0.39 is 0 Å². The molecule has 2 aromatic carbocycles. The zero-order valence-electron chi connectivity index (χ0n) is 11.1. The minimum absolute atomic E-state index is 0.351. The number of hydrogen-bond acceptors (Lipinski definition) is 2. The van der Waals surface area contributed by atoms with E-state index in [1.54, 1.807) is 6.07 Å². The van der Waals surface area contributed by atoms with Crippen LogP contribution in [0, 0.1) is 11.3 Å². The summed E-state index contributed by atoms with van der Waals surface area (Å²) in [4.78, 5) is 4.57. The van der Waals surface area contributed by atoms with E-state index >= 15 is 0 Å². The van der Waals surface area contributed by atoms with Crippen molar-refractivity contribution >= 4 is 38.6 Å². The van der Waals surface area contributed by atoms with Crippen LogP contribution >= 0.6 is 27.5 Å². The number of halogens is 2. The molecule has 21 heavy (non-hydrogen) atoms. The normalized spacial score (nSPS) is 10.7. The highest BCUT2D eigenvalue weighted by Crippen LogP contribution is 2.23. The van der Waals surface area contributed by atoms with Crippen LogP contribution in [0.2, 0.25) is 0 Å². The van der Waals surface area contributed by atoms with Crippen LogP contribution < -0.4 is 0 Å². The van der Waals surface area contributed by atoms with E-state index in [2.05, 4.69) is 31.6 Å². The molecule has 104 valence electrons. The van der Waals surface area contributed by atoms with Gasteiger partial charge in [0.15, 0.2) is 0 Å². The van der Waals surface area contributed by atoms with Crippen molar-refractivity contribution in [3.63, 3.8) is 0 Å². The fourth-order valence-electron chi connectivity index (χ4n) is 2.35. The third-order valence-electron chi connectivity index (χ3n) is 3.31. The first-order valence-corrected chi connectivity index (χ1v) is 7.73. The Morgan fingerprint density at radius 3 is 2.86 bits per heavy atom. The molecule has 0 aliphatic heterocycles. The van der Waals surface area contributed by atoms with Crippen LogP contribution in [0.5, 0.6) is 0 Å². The maximum atomic E-state index is 9.00. The fourth-order valence-corrected chi connectivity index (χ4v) is 2.91. The van der Waals surface area contributed by atoms with Crippen LogP contribution in [0.25, 0.3) is 11.0 Å². The minimum atomic E-state index is 0.351. The lowest BCUT2D eigenvalue weighted by Gasteiger charge is -2.08. The van der Waals surface area contributed by atoms with Gasteiger partial charge in [-0.15, -0.1) is 11.6 Å². The second-order valence-corrected chi connectivity index (χ2v) is 5.88. The van der Waals surface area contributed by atoms with E-state index in [0.717, 1.165) is 26.9 Å². The number of aromatic nitrogens is 2. The monoisotopic (exact) mass is 359 g/mol. The van der Waals surface area contributed by atoms with Gasteiger partial charge in [0.1, 0.15) is 5.82 Å². The molecular weight excluding hydrogens is 350 g/mol. The summed E-state index contributed by atoms with van der Waals surface area (Å²) in [5.74, 6) is 1.18. The van der Waals surface area contributed by atoms with Crippen LogP contribution in [0.3, 0.4) is 0 Å². The van der Waals surface area contributed by atoms with Crippen molar-refractivity contribution in [3.05, 3.63) is 63.9 Å². The maximum absolute atomic E-state index is 9.00. The van der Waals surface area contributed by atoms with Gasteiger partial charge in [-0.05, 0) is 35.9 Å². The van der Waals surface area contributed by atoms with E-state index in [1.807, 2.05) is 36.4 Å². The zero-order valence-corrected chi connectivity index (χ0v) is 13.4. The van der Waals surface area contributed by atoms with Crippen molar-refractivity contribution in [2.75, 3.05) is 0 Å². The molecule has 0 radical (unpaired) electrons. The van der Waals surface area contributed by atoms with E-state index in [9.17, 15) is 0 Å². The Labute approximate surface area is 135 Å². The van der Waals surface area contributed by atoms with Gasteiger partial charge in [-0.1, -0.05) is 28.1 Å². The Morgan fingerprint density at radius 1 is 1.24 bits per heavy atom. The number of nitriles is 1. The third-order valence-corrected chi connectivity index (χ3v) is 4.04. The summed E-state index contributed by atoms with van der Waals surface area (Å²) in [5.41, 5.74) is 3.67. The lowest BCUT2D eigenvalue weighted by Crippen LogP contribution is -2.04. The molecule has 0 saturated heterocycles. The Hall–Kier alpha value is -1.83. The van der Waals surface area contributed by atoms with Crippen LogP contribution in [0.15, 0.2) is 46.9 Å². The van der Waals surface area contributed by atoms with Gasteiger partial charge >= 0.3 is 0 Å². The summed E-state index contributed by atoms with van der Waals surface area (Å²) in [6, 6.07) is 15.7. The molecule has 1 heterocycles. The molecule has 3 nitrogen and oxygen atoms in total. The van der Waals surface area contributed by atoms with Gasteiger partial charge in [-0.3, -0.25) is 0 Å². The summed E-state index contributed by atoms with van der Waals surface area (Å²) in [7, 11) is 0. The molecule has 0 spiro atoms. The lowest BCUT2D eigenvalue weighted by molar-refractivity contribution is 0.778. The van der Waals surface area contributed by atoms with Crippen molar-refractivity contribution in [3.8, 4) is 6.07 Å². The maximum Gasteiger partial charge on any atom is 0.125 e. The van der Waals surface area contributed by atoms with Gasteiger partial charge in [-0.25, -0.2) is 4.98 Å². The molecule has 0 N–H and O–H groups in total. The van der Waals surface area contributed by atoms with Crippen molar-refractivity contribution < 1.29 is 0 Å². The number of imidazole rings is 1. The predicted octanol–water partition coefficient (Wildman–Crippen LogP) is 4.46. The molecule has 0 amide bonds. The highest BCUT2D eigenvalue weighted by molar-refractivity contribution is 9.10. The second kappa shape index (κ2) is 5.88. The largest absolute Gasteiger partial charge is 0.322 e. The quantitative estimate of drug-likeness (QED) is 0.647. The van der Waals surface area contributed by atoms with Gasteiger partial charge in [0, 0.05) is 11.0 Å². The van der Waals surface area contributed by atoms with Gasteiger partial charge in [0.25, 0.3) is 0 Å².